The number of benzene rings is 2. The molecule has 0 spiro atoms. The van der Waals surface area contributed by atoms with Crippen LogP contribution in [0.25, 0.3) is 0 Å². The van der Waals surface area contributed by atoms with Gasteiger partial charge in [-0.1, -0.05) is 41.4 Å². The van der Waals surface area contributed by atoms with Crippen LogP contribution in [0, 0.1) is 20.8 Å². The fourth-order valence-electron chi connectivity index (χ4n) is 3.70. The monoisotopic (exact) mass is 501 g/mol. The number of esters is 1. The molecule has 0 atom stereocenters. The predicted molar refractivity (Wildman–Crippen MR) is 132 cm³/mol. The molecule has 2 aromatic carbocycles. The highest BCUT2D eigenvalue weighted by atomic mass is 35.5. The molecule has 0 N–H and O–H groups in total. The minimum Gasteiger partial charge on any atom is -0.457 e. The number of nitrogens with zero attached hydrogens (tertiary/aromatic N) is 1. The first-order chi connectivity index (χ1) is 16.1. The zero-order chi connectivity index (χ0) is 24.9. The van der Waals surface area contributed by atoms with Gasteiger partial charge in [0.2, 0.25) is 5.78 Å². The lowest BCUT2D eigenvalue weighted by molar-refractivity contribution is -0.142. The molecule has 34 heavy (non-hydrogen) atoms. The van der Waals surface area contributed by atoms with Crippen molar-refractivity contribution in [2.45, 2.75) is 45.1 Å². The summed E-state index contributed by atoms with van der Waals surface area (Å²) in [6.45, 7) is 5.92. The highest BCUT2D eigenvalue weighted by Crippen LogP contribution is 2.18. The summed E-state index contributed by atoms with van der Waals surface area (Å²) in [6, 6.07) is 15.9. The highest BCUT2D eigenvalue weighted by molar-refractivity contribution is 7.91. The van der Waals surface area contributed by atoms with Crippen LogP contribution < -0.4 is 0 Å². The van der Waals surface area contributed by atoms with Gasteiger partial charge in [0.1, 0.15) is 0 Å². The van der Waals surface area contributed by atoms with E-state index in [0.717, 1.165) is 28.9 Å². The third-order valence-corrected chi connectivity index (χ3v) is 7.71. The molecule has 0 aliphatic carbocycles. The topological polar surface area (TPSA) is 82.4 Å². The van der Waals surface area contributed by atoms with Crippen molar-refractivity contribution < 1.29 is 22.7 Å². The molecule has 0 radical (unpaired) electrons. The molecular formula is C26H28ClNO5S. The Bertz CT molecular complexity index is 1280. The van der Waals surface area contributed by atoms with Crippen molar-refractivity contribution >= 4 is 33.2 Å². The van der Waals surface area contributed by atoms with Crippen molar-refractivity contribution in [2.75, 3.05) is 12.4 Å². The molecule has 0 amide bonds. The number of aromatic nitrogens is 1. The smallest absolute Gasteiger partial charge is 0.307 e. The van der Waals surface area contributed by atoms with Gasteiger partial charge in [-0.2, -0.15) is 0 Å². The molecular weight excluding hydrogens is 474 g/mol. The van der Waals surface area contributed by atoms with Crippen molar-refractivity contribution in [3.63, 3.8) is 0 Å². The second-order valence-electron chi connectivity index (χ2n) is 8.28. The SMILES string of the molecule is Cc1ccc(S(=O)(=O)CCC(=O)OCC(=O)c2cc(C)n(CCc3ccc(Cl)cc3)c2C)cc1. The Kier molecular flexibility index (Phi) is 8.33. The van der Waals surface area contributed by atoms with Gasteiger partial charge in [-0.3, -0.25) is 9.59 Å². The van der Waals surface area contributed by atoms with Crippen LogP contribution in [0.3, 0.4) is 0 Å². The molecule has 0 saturated carbocycles. The van der Waals surface area contributed by atoms with Gasteiger partial charge >= 0.3 is 5.97 Å². The van der Waals surface area contributed by atoms with Gasteiger partial charge in [-0.25, -0.2) is 8.42 Å². The van der Waals surface area contributed by atoms with E-state index < -0.39 is 22.4 Å². The number of carbonyl (C=O) groups is 2. The lowest BCUT2D eigenvalue weighted by Gasteiger charge is -2.10. The Morgan fingerprint density at radius 2 is 1.62 bits per heavy atom. The van der Waals surface area contributed by atoms with Crippen molar-refractivity contribution in [1.29, 1.82) is 0 Å². The molecule has 180 valence electrons. The fourth-order valence-corrected chi connectivity index (χ4v) is 5.04. The average molecular weight is 502 g/mol. The van der Waals surface area contributed by atoms with Crippen LogP contribution >= 0.6 is 11.6 Å². The maximum Gasteiger partial charge on any atom is 0.307 e. The van der Waals surface area contributed by atoms with E-state index in [1.807, 2.05) is 45.0 Å². The van der Waals surface area contributed by atoms with Gasteiger partial charge < -0.3 is 9.30 Å². The predicted octanol–water partition coefficient (Wildman–Crippen LogP) is 4.90. The maximum atomic E-state index is 12.7. The minimum atomic E-state index is -3.60. The third-order valence-electron chi connectivity index (χ3n) is 5.73. The quantitative estimate of drug-likeness (QED) is 0.291. The van der Waals surface area contributed by atoms with Crippen LogP contribution in [0.15, 0.2) is 59.5 Å². The van der Waals surface area contributed by atoms with Gasteiger partial charge in [0.25, 0.3) is 0 Å². The van der Waals surface area contributed by atoms with E-state index in [2.05, 4.69) is 4.57 Å². The number of ether oxygens (including phenoxy) is 1. The van der Waals surface area contributed by atoms with Gasteiger partial charge in [-0.15, -0.1) is 0 Å². The number of carbonyl (C=O) groups excluding carboxylic acids is 2. The largest absolute Gasteiger partial charge is 0.457 e. The number of hydrogen-bond acceptors (Lipinski definition) is 5. The summed E-state index contributed by atoms with van der Waals surface area (Å²) in [5.41, 5.74) is 4.31. The van der Waals surface area contributed by atoms with Crippen molar-refractivity contribution in [3.8, 4) is 0 Å². The molecule has 0 bridgehead atoms. The standard InChI is InChI=1S/C26H28ClNO5S/c1-18-4-10-23(11-5-18)34(31,32)15-13-26(30)33-17-25(29)24-16-19(2)28(20(24)3)14-12-21-6-8-22(27)9-7-21/h4-11,16H,12-15,17H2,1-3H3. The average Bonchev–Trinajstić information content (AvgIpc) is 3.09. The van der Waals surface area contributed by atoms with E-state index in [1.165, 1.54) is 12.1 Å². The maximum absolute atomic E-state index is 12.7. The van der Waals surface area contributed by atoms with E-state index in [9.17, 15) is 18.0 Å². The van der Waals surface area contributed by atoms with Crippen molar-refractivity contribution in [1.82, 2.24) is 4.57 Å². The molecule has 3 aromatic rings. The molecule has 0 aliphatic rings. The number of hydrogen-bond donors (Lipinski definition) is 0. The number of ketones is 1. The molecule has 0 saturated heterocycles. The van der Waals surface area contributed by atoms with Crippen molar-refractivity contribution in [2.24, 2.45) is 0 Å². The van der Waals surface area contributed by atoms with E-state index in [-0.39, 0.29) is 22.9 Å². The normalized spacial score (nSPS) is 11.4. The van der Waals surface area contributed by atoms with Crippen LogP contribution in [0.2, 0.25) is 5.02 Å². The second-order valence-corrected chi connectivity index (χ2v) is 10.8. The molecule has 0 aliphatic heterocycles. The Labute approximate surface area is 205 Å². The molecule has 1 heterocycles. The first-order valence-corrected chi connectivity index (χ1v) is 13.0. The minimum absolute atomic E-state index is 0.160. The first-order valence-electron chi connectivity index (χ1n) is 11.0. The van der Waals surface area contributed by atoms with Crippen molar-refractivity contribution in [3.05, 3.63) is 87.7 Å². The lowest BCUT2D eigenvalue weighted by atomic mass is 10.1. The number of halogens is 1. The van der Waals surface area contributed by atoms with E-state index in [0.29, 0.717) is 17.1 Å². The Balaban J connectivity index is 1.54. The summed E-state index contributed by atoms with van der Waals surface area (Å²) >= 11 is 5.94. The van der Waals surface area contributed by atoms with Crippen LogP contribution in [0.1, 0.15) is 39.3 Å². The van der Waals surface area contributed by atoms with E-state index in [1.54, 1.807) is 18.2 Å². The van der Waals surface area contributed by atoms with Crippen LogP contribution in [-0.4, -0.2) is 37.1 Å². The Morgan fingerprint density at radius 3 is 2.26 bits per heavy atom. The Morgan fingerprint density at radius 1 is 0.971 bits per heavy atom. The van der Waals surface area contributed by atoms with Crippen LogP contribution in [0.4, 0.5) is 0 Å². The summed E-state index contributed by atoms with van der Waals surface area (Å²) in [7, 11) is -3.60. The van der Waals surface area contributed by atoms with Crippen LogP contribution in [0.5, 0.6) is 0 Å². The number of sulfone groups is 1. The zero-order valence-electron chi connectivity index (χ0n) is 19.5. The molecule has 0 fully saturated rings. The summed E-state index contributed by atoms with van der Waals surface area (Å²) in [6.07, 6.45) is 0.467. The highest BCUT2D eigenvalue weighted by Gasteiger charge is 2.20. The summed E-state index contributed by atoms with van der Waals surface area (Å²) < 4.78 is 31.9. The summed E-state index contributed by atoms with van der Waals surface area (Å²) in [5, 5.41) is 0.687. The molecule has 8 heteroatoms. The number of rotatable bonds is 10. The number of Topliss-reactive ketones (excluding diaryl/α,β-unsaturated/α-hetero) is 1. The third kappa shape index (κ3) is 6.58. The summed E-state index contributed by atoms with van der Waals surface area (Å²) in [5.74, 6) is -1.41. The number of aryl methyl sites for hydroxylation is 3. The lowest BCUT2D eigenvalue weighted by Crippen LogP contribution is -2.18. The molecule has 0 unspecified atom stereocenters. The summed E-state index contributed by atoms with van der Waals surface area (Å²) in [4.78, 5) is 24.9. The van der Waals surface area contributed by atoms with Gasteiger partial charge in [0.15, 0.2) is 16.4 Å². The molecule has 1 aromatic heterocycles. The van der Waals surface area contributed by atoms with Crippen LogP contribution in [-0.2, 0) is 32.3 Å². The van der Waals surface area contributed by atoms with E-state index >= 15 is 0 Å². The Hall–Kier alpha value is -2.90. The molecule has 3 rings (SSSR count). The first kappa shape index (κ1) is 25.7. The zero-order valence-corrected chi connectivity index (χ0v) is 21.1. The van der Waals surface area contributed by atoms with E-state index in [4.69, 9.17) is 16.3 Å². The molecule has 6 nitrogen and oxygen atoms in total. The van der Waals surface area contributed by atoms with Gasteiger partial charge in [-0.05, 0) is 63.1 Å². The van der Waals surface area contributed by atoms with Gasteiger partial charge in [0.05, 0.1) is 17.1 Å². The fraction of sp³-hybridized carbons (Fsp3) is 0.308. The second kappa shape index (κ2) is 11.0. The van der Waals surface area contributed by atoms with Gasteiger partial charge in [0, 0.05) is 28.5 Å².